The summed E-state index contributed by atoms with van der Waals surface area (Å²) in [6.07, 6.45) is 1.07. The molecule has 1 amide bonds. The predicted molar refractivity (Wildman–Crippen MR) is 109 cm³/mol. The first-order valence-corrected chi connectivity index (χ1v) is 8.60. The number of carbonyl (C=O) groups excluding carboxylic acids is 1. The summed E-state index contributed by atoms with van der Waals surface area (Å²) in [7, 11) is 1.51. The molecule has 3 rings (SSSR count). The molecular weight excluding hydrogens is 410 g/mol. The Morgan fingerprint density at radius 2 is 1.71 bits per heavy atom. The van der Waals surface area contributed by atoms with E-state index in [1.807, 2.05) is 0 Å². The smallest absolute Gasteiger partial charge is 0.355 e. The van der Waals surface area contributed by atoms with Crippen LogP contribution in [-0.4, -0.2) is 32.8 Å². The van der Waals surface area contributed by atoms with E-state index >= 15 is 0 Å². The van der Waals surface area contributed by atoms with Crippen molar-refractivity contribution in [3.8, 4) is 5.75 Å². The number of non-ortho nitro benzene ring substituents is 1. The number of aromatic nitrogens is 2. The standard InChI is InChI=1S/C18H15N7O6/c1-31-14-7-5-12(6-8-14)21-16-15(25(29)30)17(20-10-19-16)22-23-18(26)11-3-2-4-13(9-11)24(27)28/h2-10H,1H3,(H,23,26)(H2,19,20,21,22). The van der Waals surface area contributed by atoms with Crippen LogP contribution in [-0.2, 0) is 0 Å². The van der Waals surface area contributed by atoms with Gasteiger partial charge in [-0.15, -0.1) is 0 Å². The second-order valence-electron chi connectivity index (χ2n) is 5.92. The third-order valence-corrected chi connectivity index (χ3v) is 3.97. The van der Waals surface area contributed by atoms with Crippen LogP contribution in [0.1, 0.15) is 10.4 Å². The zero-order valence-corrected chi connectivity index (χ0v) is 15.9. The van der Waals surface area contributed by atoms with Gasteiger partial charge in [0, 0.05) is 23.4 Å². The fourth-order valence-electron chi connectivity index (χ4n) is 2.49. The minimum absolute atomic E-state index is 0.0185. The summed E-state index contributed by atoms with van der Waals surface area (Å²) in [4.78, 5) is 41.1. The van der Waals surface area contributed by atoms with Gasteiger partial charge in [0.2, 0.25) is 11.6 Å². The van der Waals surface area contributed by atoms with Crippen LogP contribution in [0.4, 0.5) is 28.7 Å². The highest BCUT2D eigenvalue weighted by Crippen LogP contribution is 2.31. The molecule has 0 saturated heterocycles. The zero-order valence-electron chi connectivity index (χ0n) is 15.9. The van der Waals surface area contributed by atoms with Crippen LogP contribution in [0.3, 0.4) is 0 Å². The number of amides is 1. The van der Waals surface area contributed by atoms with E-state index in [9.17, 15) is 25.0 Å². The van der Waals surface area contributed by atoms with Crippen LogP contribution in [0.5, 0.6) is 5.75 Å². The Morgan fingerprint density at radius 3 is 2.35 bits per heavy atom. The second-order valence-corrected chi connectivity index (χ2v) is 5.92. The number of ether oxygens (including phenoxy) is 1. The SMILES string of the molecule is COc1ccc(Nc2ncnc(NNC(=O)c3cccc([N+](=O)[O-])c3)c2[N+](=O)[O-])cc1. The number of nitro benzene ring substituents is 1. The Hall–Kier alpha value is -4.81. The number of nitrogens with one attached hydrogen (secondary N) is 3. The van der Waals surface area contributed by atoms with Gasteiger partial charge in [-0.05, 0) is 30.3 Å². The van der Waals surface area contributed by atoms with Gasteiger partial charge >= 0.3 is 5.69 Å². The first-order chi connectivity index (χ1) is 14.9. The Bertz CT molecular complexity index is 1140. The number of methoxy groups -OCH3 is 1. The van der Waals surface area contributed by atoms with Crippen LogP contribution < -0.4 is 20.9 Å². The van der Waals surface area contributed by atoms with E-state index in [1.54, 1.807) is 24.3 Å². The third kappa shape index (κ3) is 4.97. The van der Waals surface area contributed by atoms with Crippen LogP contribution in [0.2, 0.25) is 0 Å². The molecular formula is C18H15N7O6. The van der Waals surface area contributed by atoms with Gasteiger partial charge in [0.25, 0.3) is 11.6 Å². The number of rotatable bonds is 8. The molecule has 0 radical (unpaired) electrons. The number of nitro groups is 2. The third-order valence-electron chi connectivity index (χ3n) is 3.97. The fraction of sp³-hybridized carbons (Fsp3) is 0.0556. The molecule has 158 valence electrons. The van der Waals surface area contributed by atoms with Crippen molar-refractivity contribution in [1.82, 2.24) is 15.4 Å². The summed E-state index contributed by atoms with van der Waals surface area (Å²) in [6, 6.07) is 11.6. The highest BCUT2D eigenvalue weighted by molar-refractivity contribution is 5.95. The largest absolute Gasteiger partial charge is 0.497 e. The van der Waals surface area contributed by atoms with Crippen LogP contribution >= 0.6 is 0 Å². The minimum atomic E-state index is -0.749. The van der Waals surface area contributed by atoms with Crippen molar-refractivity contribution in [3.63, 3.8) is 0 Å². The number of nitrogens with zero attached hydrogens (tertiary/aromatic N) is 4. The Kier molecular flexibility index (Phi) is 6.16. The number of hydrogen-bond acceptors (Lipinski definition) is 10. The summed E-state index contributed by atoms with van der Waals surface area (Å²) in [6.45, 7) is 0. The maximum Gasteiger partial charge on any atom is 0.355 e. The van der Waals surface area contributed by atoms with Crippen molar-refractivity contribution in [1.29, 1.82) is 0 Å². The number of hydrazine groups is 1. The van der Waals surface area contributed by atoms with Gasteiger partial charge in [-0.25, -0.2) is 9.97 Å². The Labute approximate surface area is 174 Å². The lowest BCUT2D eigenvalue weighted by Gasteiger charge is -2.11. The molecule has 13 nitrogen and oxygen atoms in total. The fourth-order valence-corrected chi connectivity index (χ4v) is 2.49. The average Bonchev–Trinajstić information content (AvgIpc) is 2.77. The molecule has 0 aliphatic heterocycles. The van der Waals surface area contributed by atoms with Crippen molar-refractivity contribution >= 4 is 34.6 Å². The van der Waals surface area contributed by atoms with Gasteiger partial charge < -0.3 is 10.1 Å². The van der Waals surface area contributed by atoms with Crippen molar-refractivity contribution in [2.24, 2.45) is 0 Å². The molecule has 0 bridgehead atoms. The van der Waals surface area contributed by atoms with Gasteiger partial charge in [-0.1, -0.05) is 6.07 Å². The van der Waals surface area contributed by atoms with E-state index in [1.165, 1.54) is 25.3 Å². The maximum absolute atomic E-state index is 12.3. The summed E-state index contributed by atoms with van der Waals surface area (Å²) >= 11 is 0. The molecule has 3 N–H and O–H groups in total. The molecule has 0 aliphatic rings. The zero-order chi connectivity index (χ0) is 22.4. The van der Waals surface area contributed by atoms with Crippen LogP contribution in [0, 0.1) is 20.2 Å². The van der Waals surface area contributed by atoms with Crippen molar-refractivity contribution in [2.45, 2.75) is 0 Å². The van der Waals surface area contributed by atoms with Gasteiger partial charge in [0.15, 0.2) is 0 Å². The molecule has 0 saturated carbocycles. The molecule has 0 fully saturated rings. The lowest BCUT2D eigenvalue weighted by molar-refractivity contribution is -0.384. The molecule has 0 aliphatic carbocycles. The predicted octanol–water partition coefficient (Wildman–Crippen LogP) is 2.80. The lowest BCUT2D eigenvalue weighted by atomic mass is 10.2. The van der Waals surface area contributed by atoms with Crippen LogP contribution in [0.25, 0.3) is 0 Å². The topological polar surface area (TPSA) is 174 Å². The monoisotopic (exact) mass is 425 g/mol. The molecule has 0 atom stereocenters. The number of benzene rings is 2. The van der Waals surface area contributed by atoms with E-state index in [0.717, 1.165) is 12.4 Å². The lowest BCUT2D eigenvalue weighted by Crippen LogP contribution is -2.30. The summed E-state index contributed by atoms with van der Waals surface area (Å²) in [5.74, 6) is -0.540. The summed E-state index contributed by atoms with van der Waals surface area (Å²) in [5.41, 5.74) is 4.30. The van der Waals surface area contributed by atoms with E-state index in [-0.39, 0.29) is 22.9 Å². The second kappa shape index (κ2) is 9.13. The maximum atomic E-state index is 12.3. The van der Waals surface area contributed by atoms with Gasteiger partial charge in [-0.3, -0.25) is 35.9 Å². The molecule has 3 aromatic rings. The van der Waals surface area contributed by atoms with Crippen molar-refractivity contribution < 1.29 is 19.4 Å². The summed E-state index contributed by atoms with van der Waals surface area (Å²) < 4.78 is 5.06. The molecule has 31 heavy (non-hydrogen) atoms. The van der Waals surface area contributed by atoms with Gasteiger partial charge in [0.05, 0.1) is 17.0 Å². The molecule has 2 aromatic carbocycles. The quantitative estimate of drug-likeness (QED) is 0.359. The average molecular weight is 425 g/mol. The Balaban J connectivity index is 1.80. The van der Waals surface area contributed by atoms with E-state index in [0.29, 0.717) is 11.4 Å². The molecule has 13 heteroatoms. The Morgan fingerprint density at radius 1 is 1.00 bits per heavy atom. The number of anilines is 3. The normalized spacial score (nSPS) is 10.1. The van der Waals surface area contributed by atoms with Crippen LogP contribution in [0.15, 0.2) is 54.9 Å². The molecule has 0 unspecified atom stereocenters. The van der Waals surface area contributed by atoms with Crippen molar-refractivity contribution in [3.05, 3.63) is 80.7 Å². The highest BCUT2D eigenvalue weighted by Gasteiger charge is 2.24. The van der Waals surface area contributed by atoms with E-state index in [4.69, 9.17) is 4.74 Å². The first-order valence-electron chi connectivity index (χ1n) is 8.60. The minimum Gasteiger partial charge on any atom is -0.497 e. The van der Waals surface area contributed by atoms with Gasteiger partial charge in [0.1, 0.15) is 12.1 Å². The van der Waals surface area contributed by atoms with Gasteiger partial charge in [-0.2, -0.15) is 0 Å². The van der Waals surface area contributed by atoms with E-state index in [2.05, 4.69) is 26.1 Å². The number of carbonyl (C=O) groups is 1. The first kappa shape index (κ1) is 20.9. The van der Waals surface area contributed by atoms with E-state index < -0.39 is 21.4 Å². The highest BCUT2D eigenvalue weighted by atomic mass is 16.6. The van der Waals surface area contributed by atoms with Crippen molar-refractivity contribution in [2.75, 3.05) is 17.9 Å². The molecule has 0 spiro atoms. The molecule has 1 heterocycles. The molecule has 1 aromatic heterocycles. The summed E-state index contributed by atoms with van der Waals surface area (Å²) in [5, 5.41) is 25.3. The number of hydrogen-bond donors (Lipinski definition) is 3.